The zero-order valence-corrected chi connectivity index (χ0v) is 21.3. The number of nitriles is 2. The smallest absolute Gasteiger partial charge is 0.137 e. The zero-order valence-electron chi connectivity index (χ0n) is 19.8. The first-order valence-electron chi connectivity index (χ1n) is 11.3. The number of benzene rings is 2. The third-order valence-corrected chi connectivity index (χ3v) is 7.40. The number of rotatable bonds is 6. The standard InChI is InChI=1S/C28H21ClN6OS/c1-36-20-10-7-18(8-11-20)25-26(35-15-19(29)9-12-23(35)33-25)24-21(13-30)27(32)34-28(22(24)14-31)37-16-17-5-3-2-4-6-17/h2-12,15,24,34H,16,32H2,1H3. The Hall–Kier alpha value is -4.37. The first-order valence-corrected chi connectivity index (χ1v) is 12.7. The molecule has 4 aromatic rings. The molecular weight excluding hydrogens is 504 g/mol. The molecule has 9 heteroatoms. The van der Waals surface area contributed by atoms with Gasteiger partial charge >= 0.3 is 0 Å². The monoisotopic (exact) mass is 524 g/mol. The molecule has 5 rings (SSSR count). The molecule has 0 aliphatic carbocycles. The molecule has 0 saturated heterocycles. The molecule has 2 aromatic carbocycles. The molecule has 182 valence electrons. The number of nitrogens with one attached hydrogen (secondary N) is 1. The number of allylic oxidation sites excluding steroid dienone is 2. The molecule has 0 saturated carbocycles. The van der Waals surface area contributed by atoms with Crippen molar-refractivity contribution >= 4 is 29.0 Å². The van der Waals surface area contributed by atoms with E-state index < -0.39 is 5.92 Å². The van der Waals surface area contributed by atoms with Crippen molar-refractivity contribution in [2.45, 2.75) is 11.7 Å². The van der Waals surface area contributed by atoms with E-state index in [1.54, 1.807) is 25.4 Å². The van der Waals surface area contributed by atoms with Crippen molar-refractivity contribution in [2.75, 3.05) is 7.11 Å². The van der Waals surface area contributed by atoms with Crippen LogP contribution in [0.3, 0.4) is 0 Å². The molecule has 7 nitrogen and oxygen atoms in total. The number of hydrogen-bond acceptors (Lipinski definition) is 7. The lowest BCUT2D eigenvalue weighted by molar-refractivity contribution is 0.415. The van der Waals surface area contributed by atoms with Gasteiger partial charge in [0.15, 0.2) is 0 Å². The fraction of sp³-hybridized carbons (Fsp3) is 0.107. The summed E-state index contributed by atoms with van der Waals surface area (Å²) < 4.78 is 7.15. The van der Waals surface area contributed by atoms with Gasteiger partial charge in [0.05, 0.1) is 57.8 Å². The molecule has 3 N–H and O–H groups in total. The van der Waals surface area contributed by atoms with E-state index >= 15 is 0 Å². The number of imidazole rings is 1. The maximum Gasteiger partial charge on any atom is 0.137 e. The Bertz CT molecular complexity index is 1630. The minimum Gasteiger partial charge on any atom is -0.497 e. The molecule has 37 heavy (non-hydrogen) atoms. The van der Waals surface area contributed by atoms with Crippen LogP contribution < -0.4 is 15.8 Å². The van der Waals surface area contributed by atoms with E-state index in [9.17, 15) is 10.5 Å². The van der Waals surface area contributed by atoms with E-state index in [0.29, 0.717) is 44.2 Å². The summed E-state index contributed by atoms with van der Waals surface area (Å²) in [4.78, 5) is 4.87. The van der Waals surface area contributed by atoms with Crippen LogP contribution in [0.5, 0.6) is 5.75 Å². The molecule has 1 atom stereocenters. The van der Waals surface area contributed by atoms with E-state index in [1.807, 2.05) is 59.0 Å². The second kappa shape index (κ2) is 10.3. The van der Waals surface area contributed by atoms with Gasteiger partial charge in [0.25, 0.3) is 0 Å². The predicted octanol–water partition coefficient (Wildman–Crippen LogP) is 5.71. The van der Waals surface area contributed by atoms with Crippen molar-refractivity contribution in [2.24, 2.45) is 5.73 Å². The molecule has 0 radical (unpaired) electrons. The van der Waals surface area contributed by atoms with Crippen LogP contribution in [0.4, 0.5) is 0 Å². The average Bonchev–Trinajstić information content (AvgIpc) is 3.30. The van der Waals surface area contributed by atoms with Gasteiger partial charge in [-0.25, -0.2) is 4.98 Å². The van der Waals surface area contributed by atoms with Gasteiger partial charge in [0.2, 0.25) is 0 Å². The largest absolute Gasteiger partial charge is 0.497 e. The van der Waals surface area contributed by atoms with Crippen LogP contribution in [-0.2, 0) is 5.75 Å². The predicted molar refractivity (Wildman–Crippen MR) is 145 cm³/mol. The number of aromatic nitrogens is 2. The molecule has 0 bridgehead atoms. The fourth-order valence-electron chi connectivity index (χ4n) is 4.32. The Morgan fingerprint density at radius 2 is 1.78 bits per heavy atom. The first kappa shape index (κ1) is 24.3. The second-order valence-electron chi connectivity index (χ2n) is 8.28. The van der Waals surface area contributed by atoms with Crippen LogP contribution in [0.2, 0.25) is 5.02 Å². The molecule has 0 spiro atoms. The quantitative estimate of drug-likeness (QED) is 0.332. The van der Waals surface area contributed by atoms with Crippen molar-refractivity contribution in [1.29, 1.82) is 10.5 Å². The van der Waals surface area contributed by atoms with Crippen LogP contribution >= 0.6 is 23.4 Å². The Balaban J connectivity index is 1.72. The summed E-state index contributed by atoms with van der Waals surface area (Å²) in [5.41, 5.74) is 10.8. The van der Waals surface area contributed by atoms with Crippen molar-refractivity contribution in [3.05, 3.63) is 111 Å². The number of nitrogens with two attached hydrogens (primary N) is 1. The molecule has 3 heterocycles. The van der Waals surface area contributed by atoms with Crippen LogP contribution in [-0.4, -0.2) is 16.5 Å². The molecule has 0 fully saturated rings. The Morgan fingerprint density at radius 3 is 2.46 bits per heavy atom. The highest BCUT2D eigenvalue weighted by molar-refractivity contribution is 8.02. The number of halogens is 1. The van der Waals surface area contributed by atoms with Gasteiger partial charge in [-0.2, -0.15) is 10.5 Å². The minimum absolute atomic E-state index is 0.208. The highest BCUT2D eigenvalue weighted by atomic mass is 35.5. The summed E-state index contributed by atoms with van der Waals surface area (Å²) in [6.45, 7) is 0. The molecule has 2 aromatic heterocycles. The molecule has 1 aliphatic rings. The van der Waals surface area contributed by atoms with Crippen molar-refractivity contribution in [1.82, 2.24) is 14.7 Å². The van der Waals surface area contributed by atoms with Gasteiger partial charge in [-0.05, 0) is 42.0 Å². The molecular formula is C28H21ClN6OS. The number of hydrogen-bond donors (Lipinski definition) is 2. The van der Waals surface area contributed by atoms with Gasteiger partial charge < -0.3 is 20.2 Å². The van der Waals surface area contributed by atoms with Gasteiger partial charge in [0, 0.05) is 17.5 Å². The SMILES string of the molecule is COc1ccc(-c2nc3ccc(Cl)cn3c2C2C(C#N)=C(N)NC(SCc3ccccc3)=C2C#N)cc1. The van der Waals surface area contributed by atoms with Crippen molar-refractivity contribution in [3.63, 3.8) is 0 Å². The summed E-state index contributed by atoms with van der Waals surface area (Å²) in [6, 6.07) is 25.6. The van der Waals surface area contributed by atoms with E-state index in [1.165, 1.54) is 11.8 Å². The van der Waals surface area contributed by atoms with Gasteiger partial charge in [-0.15, -0.1) is 11.8 Å². The first-order chi connectivity index (χ1) is 18.0. The number of methoxy groups -OCH3 is 1. The summed E-state index contributed by atoms with van der Waals surface area (Å²) in [7, 11) is 1.60. The molecule has 1 unspecified atom stereocenters. The van der Waals surface area contributed by atoms with Crippen LogP contribution in [0, 0.1) is 22.7 Å². The van der Waals surface area contributed by atoms with Crippen LogP contribution in [0.15, 0.2) is 94.9 Å². The number of dihydropyridines is 1. The van der Waals surface area contributed by atoms with E-state index in [-0.39, 0.29) is 11.4 Å². The fourth-order valence-corrected chi connectivity index (χ4v) is 5.48. The van der Waals surface area contributed by atoms with Crippen molar-refractivity contribution < 1.29 is 4.74 Å². The van der Waals surface area contributed by atoms with Crippen LogP contribution in [0.25, 0.3) is 16.9 Å². The lowest BCUT2D eigenvalue weighted by atomic mass is 9.85. The maximum atomic E-state index is 10.4. The zero-order chi connectivity index (χ0) is 25.9. The topological polar surface area (TPSA) is 112 Å². The number of pyridine rings is 1. The lowest BCUT2D eigenvalue weighted by Crippen LogP contribution is -2.30. The second-order valence-corrected chi connectivity index (χ2v) is 9.70. The van der Waals surface area contributed by atoms with Gasteiger partial charge in [-0.3, -0.25) is 0 Å². The number of thioether (sulfide) groups is 1. The summed E-state index contributed by atoms with van der Waals surface area (Å²) in [6.07, 6.45) is 1.74. The number of nitrogens with zero attached hydrogens (tertiary/aromatic N) is 4. The van der Waals surface area contributed by atoms with E-state index in [2.05, 4.69) is 17.5 Å². The van der Waals surface area contributed by atoms with Crippen molar-refractivity contribution in [3.8, 4) is 29.1 Å². The van der Waals surface area contributed by atoms with E-state index in [0.717, 1.165) is 11.1 Å². The Morgan fingerprint density at radius 1 is 1.05 bits per heavy atom. The molecule has 0 amide bonds. The third kappa shape index (κ3) is 4.61. The average molecular weight is 525 g/mol. The lowest BCUT2D eigenvalue weighted by Gasteiger charge is -2.27. The van der Waals surface area contributed by atoms with Crippen LogP contribution in [0.1, 0.15) is 17.2 Å². The normalized spacial score (nSPS) is 15.3. The van der Waals surface area contributed by atoms with E-state index in [4.69, 9.17) is 27.1 Å². The third-order valence-electron chi connectivity index (χ3n) is 6.08. The minimum atomic E-state index is -0.750. The maximum absolute atomic E-state index is 10.4. The summed E-state index contributed by atoms with van der Waals surface area (Å²) in [5, 5.41) is 24.7. The van der Waals surface area contributed by atoms with Gasteiger partial charge in [0.1, 0.15) is 17.2 Å². The Kier molecular flexibility index (Phi) is 6.78. The molecule has 1 aliphatic heterocycles. The summed E-state index contributed by atoms with van der Waals surface area (Å²) in [5.74, 6) is 0.790. The Labute approximate surface area is 223 Å². The highest BCUT2D eigenvalue weighted by Crippen LogP contribution is 2.44. The number of ether oxygens (including phenoxy) is 1. The highest BCUT2D eigenvalue weighted by Gasteiger charge is 2.36. The number of fused-ring (bicyclic) bond motifs is 1. The summed E-state index contributed by atoms with van der Waals surface area (Å²) >= 11 is 7.85. The van der Waals surface area contributed by atoms with Gasteiger partial charge in [-0.1, -0.05) is 41.9 Å².